The van der Waals surface area contributed by atoms with Crippen molar-refractivity contribution in [2.24, 2.45) is 0 Å². The number of anilines is 1. The number of methoxy groups -OCH3 is 2. The van der Waals surface area contributed by atoms with Gasteiger partial charge < -0.3 is 19.5 Å². The average molecular weight is 486 g/mol. The van der Waals surface area contributed by atoms with E-state index in [2.05, 4.69) is 5.32 Å². The molecule has 0 aliphatic carbocycles. The lowest BCUT2D eigenvalue weighted by molar-refractivity contribution is -0.116. The number of nitrogens with zero attached hydrogens (tertiary/aromatic N) is 2. The van der Waals surface area contributed by atoms with Crippen LogP contribution in [0.4, 0.5) is 5.69 Å². The molecule has 0 aliphatic heterocycles. The first-order valence-electron chi connectivity index (χ1n) is 11.9. The molecular weight excluding hydrogens is 454 g/mol. The molecule has 186 valence electrons. The quantitative estimate of drug-likeness (QED) is 0.293. The molecule has 1 N–H and O–H groups in total. The molecule has 1 amide bonds. The fraction of sp³-hybridized carbons (Fsp3) is 0.241. The Labute approximate surface area is 211 Å². The van der Waals surface area contributed by atoms with Gasteiger partial charge in [-0.25, -0.2) is 4.68 Å². The number of nitrogens with one attached hydrogen (secondary N) is 1. The largest absolute Gasteiger partial charge is 0.497 e. The molecule has 4 rings (SSSR count). The number of hydrogen-bond donors (Lipinski definition) is 1. The smallest absolute Gasteiger partial charge is 0.226 e. The predicted molar refractivity (Wildman–Crippen MR) is 141 cm³/mol. The minimum Gasteiger partial charge on any atom is -0.497 e. The molecule has 7 heteroatoms. The summed E-state index contributed by atoms with van der Waals surface area (Å²) in [6.45, 7) is 4.07. The Bertz CT molecular complexity index is 1290. The first kappa shape index (κ1) is 24.9. The maximum atomic E-state index is 12.8. The molecule has 0 fully saturated rings. The Hall–Kier alpha value is -4.26. The molecule has 36 heavy (non-hydrogen) atoms. The van der Waals surface area contributed by atoms with E-state index in [-0.39, 0.29) is 5.91 Å². The zero-order valence-corrected chi connectivity index (χ0v) is 21.1. The van der Waals surface area contributed by atoms with E-state index in [1.54, 1.807) is 18.9 Å². The molecular formula is C29H31N3O4. The van der Waals surface area contributed by atoms with Crippen molar-refractivity contribution in [3.63, 3.8) is 0 Å². The van der Waals surface area contributed by atoms with E-state index in [9.17, 15) is 4.79 Å². The number of ether oxygens (including phenoxy) is 3. The molecule has 3 aromatic carbocycles. The number of rotatable bonds is 10. The van der Waals surface area contributed by atoms with Crippen LogP contribution in [0, 0.1) is 6.92 Å². The fourth-order valence-electron chi connectivity index (χ4n) is 3.87. The lowest BCUT2D eigenvalue weighted by Gasteiger charge is -2.12. The molecule has 0 unspecified atom stereocenters. The summed E-state index contributed by atoms with van der Waals surface area (Å²) < 4.78 is 18.7. The van der Waals surface area contributed by atoms with Crippen LogP contribution in [0.25, 0.3) is 5.69 Å². The van der Waals surface area contributed by atoms with Gasteiger partial charge in [-0.05, 0) is 80.4 Å². The summed E-state index contributed by atoms with van der Waals surface area (Å²) in [7, 11) is 3.26. The molecule has 0 saturated heterocycles. The van der Waals surface area contributed by atoms with Crippen molar-refractivity contribution in [3.05, 3.63) is 89.6 Å². The van der Waals surface area contributed by atoms with Crippen LogP contribution >= 0.6 is 0 Å². The second-order valence-corrected chi connectivity index (χ2v) is 8.39. The zero-order chi connectivity index (χ0) is 25.5. The van der Waals surface area contributed by atoms with Crippen LogP contribution in [0.3, 0.4) is 0 Å². The molecule has 7 nitrogen and oxygen atoms in total. The molecule has 0 spiro atoms. The third-order valence-corrected chi connectivity index (χ3v) is 5.88. The van der Waals surface area contributed by atoms with E-state index in [0.29, 0.717) is 30.9 Å². The second kappa shape index (κ2) is 11.4. The van der Waals surface area contributed by atoms with Gasteiger partial charge in [-0.1, -0.05) is 24.6 Å². The number of amides is 1. The molecule has 0 bridgehead atoms. The normalized spacial score (nSPS) is 10.7. The van der Waals surface area contributed by atoms with Crippen LogP contribution in [0.2, 0.25) is 0 Å². The highest BCUT2D eigenvalue weighted by Crippen LogP contribution is 2.33. The molecule has 1 heterocycles. The Balaban J connectivity index is 1.64. The topological polar surface area (TPSA) is 74.6 Å². The van der Waals surface area contributed by atoms with Crippen LogP contribution in [0.1, 0.15) is 30.2 Å². The van der Waals surface area contributed by atoms with Crippen LogP contribution < -0.4 is 19.5 Å². The lowest BCUT2D eigenvalue weighted by Crippen LogP contribution is -2.12. The number of aromatic nitrogens is 2. The fourth-order valence-corrected chi connectivity index (χ4v) is 3.87. The minimum absolute atomic E-state index is 0.0616. The summed E-state index contributed by atoms with van der Waals surface area (Å²) in [5.41, 5.74) is 4.56. The summed E-state index contributed by atoms with van der Waals surface area (Å²) in [5.74, 6) is 2.68. The maximum Gasteiger partial charge on any atom is 0.226 e. The molecule has 0 saturated carbocycles. The van der Waals surface area contributed by atoms with Crippen molar-refractivity contribution >= 4 is 11.6 Å². The lowest BCUT2D eigenvalue weighted by atomic mass is 10.1. The van der Waals surface area contributed by atoms with Gasteiger partial charge in [0.05, 0.1) is 25.6 Å². The third kappa shape index (κ3) is 5.86. The SMILES string of the molecule is CCc1nn(-c2ccc(OC)cc2)c(Oc2ccc(OC)cc2)c1CCC(=O)Nc1ccc(C)cc1. The summed E-state index contributed by atoms with van der Waals surface area (Å²) in [5, 5.41) is 7.83. The highest BCUT2D eigenvalue weighted by atomic mass is 16.5. The Kier molecular flexibility index (Phi) is 7.90. The van der Waals surface area contributed by atoms with E-state index >= 15 is 0 Å². The first-order chi connectivity index (χ1) is 17.5. The highest BCUT2D eigenvalue weighted by Gasteiger charge is 2.21. The number of carbonyl (C=O) groups excluding carboxylic acids is 1. The predicted octanol–water partition coefficient (Wildman–Crippen LogP) is 6.12. The Morgan fingerprint density at radius 2 is 1.44 bits per heavy atom. The number of aryl methyl sites for hydroxylation is 2. The monoisotopic (exact) mass is 485 g/mol. The first-order valence-corrected chi connectivity index (χ1v) is 11.9. The van der Waals surface area contributed by atoms with Crippen molar-refractivity contribution < 1.29 is 19.0 Å². The standard InChI is InChI=1S/C29H31N3O4/c1-5-27-26(18-19-28(33)30-21-8-6-20(2)7-9-21)29(36-25-16-14-24(35-4)15-17-25)32(31-27)22-10-12-23(34-3)13-11-22/h6-17H,5,18-19H2,1-4H3,(H,30,33). The summed E-state index contributed by atoms with van der Waals surface area (Å²) in [6, 6.07) is 22.8. The minimum atomic E-state index is -0.0616. The highest BCUT2D eigenvalue weighted by molar-refractivity contribution is 5.90. The van der Waals surface area contributed by atoms with Crippen molar-refractivity contribution in [2.75, 3.05) is 19.5 Å². The number of carbonyl (C=O) groups is 1. The molecule has 0 radical (unpaired) electrons. The second-order valence-electron chi connectivity index (χ2n) is 8.39. The van der Waals surface area contributed by atoms with Gasteiger partial charge in [-0.3, -0.25) is 4.79 Å². The van der Waals surface area contributed by atoms with E-state index < -0.39 is 0 Å². The van der Waals surface area contributed by atoms with Gasteiger partial charge in [0.2, 0.25) is 11.8 Å². The van der Waals surface area contributed by atoms with Crippen LogP contribution in [-0.2, 0) is 17.6 Å². The average Bonchev–Trinajstić information content (AvgIpc) is 3.26. The van der Waals surface area contributed by atoms with E-state index in [1.807, 2.05) is 86.6 Å². The van der Waals surface area contributed by atoms with Crippen molar-refractivity contribution in [3.8, 4) is 28.8 Å². The molecule has 1 aromatic heterocycles. The van der Waals surface area contributed by atoms with Crippen LogP contribution in [0.15, 0.2) is 72.8 Å². The van der Waals surface area contributed by atoms with Crippen molar-refractivity contribution in [2.45, 2.75) is 33.1 Å². The molecule has 0 atom stereocenters. The number of hydrogen-bond acceptors (Lipinski definition) is 5. The maximum absolute atomic E-state index is 12.8. The van der Waals surface area contributed by atoms with Crippen LogP contribution in [0.5, 0.6) is 23.1 Å². The summed E-state index contributed by atoms with van der Waals surface area (Å²) in [6.07, 6.45) is 1.49. The van der Waals surface area contributed by atoms with Gasteiger partial charge in [0.15, 0.2) is 0 Å². The van der Waals surface area contributed by atoms with E-state index in [0.717, 1.165) is 39.7 Å². The van der Waals surface area contributed by atoms with Gasteiger partial charge in [0.1, 0.15) is 17.2 Å². The summed E-state index contributed by atoms with van der Waals surface area (Å²) >= 11 is 0. The molecule has 0 aliphatic rings. The van der Waals surface area contributed by atoms with E-state index in [1.165, 1.54) is 0 Å². The molecule has 4 aromatic rings. The third-order valence-electron chi connectivity index (χ3n) is 5.88. The van der Waals surface area contributed by atoms with Gasteiger partial charge in [-0.2, -0.15) is 5.10 Å². The van der Waals surface area contributed by atoms with Crippen LogP contribution in [-0.4, -0.2) is 29.9 Å². The van der Waals surface area contributed by atoms with Gasteiger partial charge in [0, 0.05) is 17.7 Å². The Morgan fingerprint density at radius 3 is 2.03 bits per heavy atom. The van der Waals surface area contributed by atoms with Crippen molar-refractivity contribution in [1.82, 2.24) is 9.78 Å². The van der Waals surface area contributed by atoms with Gasteiger partial charge >= 0.3 is 0 Å². The van der Waals surface area contributed by atoms with E-state index in [4.69, 9.17) is 19.3 Å². The summed E-state index contributed by atoms with van der Waals surface area (Å²) in [4.78, 5) is 12.8. The number of benzene rings is 3. The van der Waals surface area contributed by atoms with Gasteiger partial charge in [-0.15, -0.1) is 0 Å². The Morgan fingerprint density at radius 1 is 0.861 bits per heavy atom. The van der Waals surface area contributed by atoms with Crippen molar-refractivity contribution in [1.29, 1.82) is 0 Å². The van der Waals surface area contributed by atoms with Gasteiger partial charge in [0.25, 0.3) is 0 Å². The zero-order valence-electron chi connectivity index (χ0n) is 21.1.